The van der Waals surface area contributed by atoms with Gasteiger partial charge in [-0.05, 0) is 36.8 Å². The molecule has 104 valence electrons. The second kappa shape index (κ2) is 6.64. The van der Waals surface area contributed by atoms with E-state index in [1.807, 2.05) is 31.2 Å². The zero-order chi connectivity index (χ0) is 14.5. The summed E-state index contributed by atoms with van der Waals surface area (Å²) in [5.74, 6) is -0.147. The molecule has 0 aliphatic carbocycles. The van der Waals surface area contributed by atoms with Crippen molar-refractivity contribution in [1.29, 1.82) is 0 Å². The van der Waals surface area contributed by atoms with Crippen molar-refractivity contribution in [2.75, 3.05) is 17.2 Å². The van der Waals surface area contributed by atoms with Gasteiger partial charge in [-0.2, -0.15) is 0 Å². The Hall–Kier alpha value is -1.71. The molecule has 0 radical (unpaired) electrons. The van der Waals surface area contributed by atoms with Gasteiger partial charge in [0.05, 0.1) is 22.3 Å². The van der Waals surface area contributed by atoms with Crippen molar-refractivity contribution in [2.45, 2.75) is 6.92 Å². The van der Waals surface area contributed by atoms with E-state index in [0.717, 1.165) is 11.3 Å². The fourth-order valence-corrected chi connectivity index (χ4v) is 2.11. The lowest BCUT2D eigenvalue weighted by atomic mass is 10.2. The summed E-state index contributed by atoms with van der Waals surface area (Å²) in [7, 11) is 0. The molecule has 0 spiro atoms. The van der Waals surface area contributed by atoms with Gasteiger partial charge in [0.1, 0.15) is 0 Å². The topological polar surface area (TPSA) is 41.1 Å². The van der Waals surface area contributed by atoms with Crippen LogP contribution in [0.5, 0.6) is 0 Å². The number of benzene rings is 2. The zero-order valence-electron chi connectivity index (χ0n) is 10.9. The van der Waals surface area contributed by atoms with Crippen LogP contribution in [-0.4, -0.2) is 12.5 Å². The van der Waals surface area contributed by atoms with Gasteiger partial charge < -0.3 is 10.6 Å². The molecule has 5 heteroatoms. The smallest absolute Gasteiger partial charge is 0.243 e. The van der Waals surface area contributed by atoms with Crippen LogP contribution in [-0.2, 0) is 4.79 Å². The molecule has 0 bridgehead atoms. The summed E-state index contributed by atoms with van der Waals surface area (Å²) in [5.41, 5.74) is 2.50. The van der Waals surface area contributed by atoms with Crippen molar-refractivity contribution >= 4 is 40.5 Å². The predicted molar refractivity (Wildman–Crippen MR) is 84.8 cm³/mol. The van der Waals surface area contributed by atoms with Gasteiger partial charge in [0.25, 0.3) is 0 Å². The van der Waals surface area contributed by atoms with E-state index in [2.05, 4.69) is 10.6 Å². The maximum Gasteiger partial charge on any atom is 0.243 e. The number of aryl methyl sites for hydroxylation is 1. The maximum atomic E-state index is 11.8. The van der Waals surface area contributed by atoms with Crippen LogP contribution in [0.1, 0.15) is 5.56 Å². The van der Waals surface area contributed by atoms with E-state index < -0.39 is 0 Å². The maximum absolute atomic E-state index is 11.8. The Kier molecular flexibility index (Phi) is 4.88. The second-order valence-electron chi connectivity index (χ2n) is 4.37. The highest BCUT2D eigenvalue weighted by atomic mass is 35.5. The molecule has 0 aromatic heterocycles. The average Bonchev–Trinajstić information content (AvgIpc) is 2.40. The van der Waals surface area contributed by atoms with Crippen LogP contribution in [0.2, 0.25) is 10.0 Å². The molecular weight excluding hydrogens is 295 g/mol. The summed E-state index contributed by atoms with van der Waals surface area (Å²) in [5, 5.41) is 6.64. The van der Waals surface area contributed by atoms with E-state index in [9.17, 15) is 4.79 Å². The van der Waals surface area contributed by atoms with Crippen LogP contribution < -0.4 is 10.6 Å². The number of hydrogen-bond acceptors (Lipinski definition) is 2. The molecule has 0 saturated carbocycles. The van der Waals surface area contributed by atoms with Crippen molar-refractivity contribution in [2.24, 2.45) is 0 Å². The van der Waals surface area contributed by atoms with Crippen LogP contribution >= 0.6 is 23.2 Å². The first kappa shape index (κ1) is 14.7. The molecule has 0 atom stereocenters. The van der Waals surface area contributed by atoms with Crippen molar-refractivity contribution in [3.8, 4) is 0 Å². The van der Waals surface area contributed by atoms with Crippen LogP contribution in [0.4, 0.5) is 11.4 Å². The van der Waals surface area contributed by atoms with Crippen molar-refractivity contribution in [3.63, 3.8) is 0 Å². The Balaban J connectivity index is 1.94. The first-order valence-corrected chi connectivity index (χ1v) is 6.86. The Morgan fingerprint density at radius 3 is 2.65 bits per heavy atom. The largest absolute Gasteiger partial charge is 0.375 e. The number of nitrogens with one attached hydrogen (secondary N) is 2. The Morgan fingerprint density at radius 1 is 1.15 bits per heavy atom. The highest BCUT2D eigenvalue weighted by Gasteiger charge is 2.06. The number of rotatable bonds is 4. The van der Waals surface area contributed by atoms with E-state index in [4.69, 9.17) is 23.2 Å². The van der Waals surface area contributed by atoms with E-state index in [1.54, 1.807) is 18.2 Å². The quantitative estimate of drug-likeness (QED) is 0.881. The molecule has 20 heavy (non-hydrogen) atoms. The fraction of sp³-hybridized carbons (Fsp3) is 0.133. The highest BCUT2D eigenvalue weighted by Crippen LogP contribution is 2.29. The minimum Gasteiger partial charge on any atom is -0.375 e. The minimum atomic E-state index is -0.147. The summed E-state index contributed by atoms with van der Waals surface area (Å²) in [4.78, 5) is 11.8. The minimum absolute atomic E-state index is 0.119. The fourth-order valence-electron chi connectivity index (χ4n) is 1.74. The van der Waals surface area contributed by atoms with Gasteiger partial charge in [-0.25, -0.2) is 0 Å². The van der Waals surface area contributed by atoms with E-state index in [-0.39, 0.29) is 12.5 Å². The third kappa shape index (κ3) is 3.89. The first-order valence-electron chi connectivity index (χ1n) is 6.10. The Labute approximate surface area is 127 Å². The van der Waals surface area contributed by atoms with Crippen LogP contribution in [0.3, 0.4) is 0 Å². The van der Waals surface area contributed by atoms with Crippen LogP contribution in [0.15, 0.2) is 42.5 Å². The number of anilines is 2. The molecule has 0 aliphatic rings. The summed E-state index contributed by atoms with van der Waals surface area (Å²) >= 11 is 11.9. The molecule has 2 aromatic carbocycles. The molecule has 3 nitrogen and oxygen atoms in total. The molecule has 0 unspecified atom stereocenters. The summed E-state index contributed by atoms with van der Waals surface area (Å²) in [6, 6.07) is 12.9. The van der Waals surface area contributed by atoms with Gasteiger partial charge in [0, 0.05) is 5.69 Å². The molecule has 0 aliphatic heterocycles. The molecule has 1 amide bonds. The zero-order valence-corrected chi connectivity index (χ0v) is 12.4. The van der Waals surface area contributed by atoms with E-state index in [1.165, 1.54) is 0 Å². The van der Waals surface area contributed by atoms with Gasteiger partial charge in [0.15, 0.2) is 0 Å². The average molecular weight is 309 g/mol. The van der Waals surface area contributed by atoms with Crippen molar-refractivity contribution in [1.82, 2.24) is 0 Å². The van der Waals surface area contributed by atoms with E-state index >= 15 is 0 Å². The molecule has 0 saturated heterocycles. The standard InChI is InChI=1S/C15H14Cl2N2O/c1-10-4-2-5-11(8-10)19-14(20)9-18-13-7-3-6-12(16)15(13)17/h2-8,18H,9H2,1H3,(H,19,20). The summed E-state index contributed by atoms with van der Waals surface area (Å²) in [6.07, 6.45) is 0. The SMILES string of the molecule is Cc1cccc(NC(=O)CNc2cccc(Cl)c2Cl)c1. The number of carbonyl (C=O) groups is 1. The van der Waals surface area contributed by atoms with Gasteiger partial charge in [0.2, 0.25) is 5.91 Å². The lowest BCUT2D eigenvalue weighted by molar-refractivity contribution is -0.114. The highest BCUT2D eigenvalue weighted by molar-refractivity contribution is 6.43. The number of carbonyl (C=O) groups excluding carboxylic acids is 1. The van der Waals surface area contributed by atoms with Gasteiger partial charge in [-0.1, -0.05) is 41.4 Å². The van der Waals surface area contributed by atoms with Crippen LogP contribution in [0, 0.1) is 6.92 Å². The first-order chi connectivity index (χ1) is 9.56. The van der Waals surface area contributed by atoms with Gasteiger partial charge in [-0.15, -0.1) is 0 Å². The number of hydrogen-bond donors (Lipinski definition) is 2. The summed E-state index contributed by atoms with van der Waals surface area (Å²) < 4.78 is 0. The van der Waals surface area contributed by atoms with Crippen molar-refractivity contribution in [3.05, 3.63) is 58.1 Å². The monoisotopic (exact) mass is 308 g/mol. The third-order valence-corrected chi connectivity index (χ3v) is 3.51. The predicted octanol–water partition coefficient (Wildman–Crippen LogP) is 4.35. The Morgan fingerprint density at radius 2 is 1.90 bits per heavy atom. The molecular formula is C15H14Cl2N2O. The van der Waals surface area contributed by atoms with Crippen molar-refractivity contribution < 1.29 is 4.79 Å². The third-order valence-electron chi connectivity index (χ3n) is 2.69. The molecule has 2 rings (SSSR count). The molecule has 0 heterocycles. The lowest BCUT2D eigenvalue weighted by Crippen LogP contribution is -2.21. The second-order valence-corrected chi connectivity index (χ2v) is 5.16. The molecule has 0 fully saturated rings. The Bertz CT molecular complexity index is 629. The van der Waals surface area contributed by atoms with Gasteiger partial charge in [-0.3, -0.25) is 4.79 Å². The number of halogens is 2. The normalized spacial score (nSPS) is 10.2. The van der Waals surface area contributed by atoms with E-state index in [0.29, 0.717) is 15.7 Å². The molecule has 2 aromatic rings. The summed E-state index contributed by atoms with van der Waals surface area (Å²) in [6.45, 7) is 2.09. The molecule has 2 N–H and O–H groups in total. The van der Waals surface area contributed by atoms with Crippen LogP contribution in [0.25, 0.3) is 0 Å². The lowest BCUT2D eigenvalue weighted by Gasteiger charge is -2.10. The van der Waals surface area contributed by atoms with Gasteiger partial charge >= 0.3 is 0 Å². The number of amides is 1.